The molecule has 4 aliphatic carbocycles. The fourth-order valence-corrected chi connectivity index (χ4v) is 15.4. The van der Waals surface area contributed by atoms with Crippen molar-refractivity contribution in [3.8, 4) is 0 Å². The Morgan fingerprint density at radius 1 is 0.481 bits per heavy atom. The van der Waals surface area contributed by atoms with Gasteiger partial charge in [0.1, 0.15) is 25.1 Å². The zero-order valence-corrected chi connectivity index (χ0v) is 53.2. The van der Waals surface area contributed by atoms with E-state index in [4.69, 9.17) is 23.7 Å². The highest BCUT2D eigenvalue weighted by Gasteiger charge is 2.61. The maximum absolute atomic E-state index is 13.3. The van der Waals surface area contributed by atoms with Crippen LogP contribution in [0.1, 0.15) is 325 Å². The summed E-state index contributed by atoms with van der Waals surface area (Å²) in [6.45, 7) is 15.0. The van der Waals surface area contributed by atoms with E-state index in [0.29, 0.717) is 74.4 Å². The third kappa shape index (κ3) is 26.4. The lowest BCUT2D eigenvalue weighted by Gasteiger charge is -2.61. The number of rotatable bonds is 46. The average Bonchev–Trinajstić information content (AvgIpc) is 3.94. The second kappa shape index (κ2) is 40.4. The lowest BCUT2D eigenvalue weighted by atomic mass is 9.44. The number of fused-ring (bicyclic) bond motifs is 5. The quantitative estimate of drug-likeness (QED) is 0.0326. The van der Waals surface area contributed by atoms with Crippen LogP contribution < -0.4 is 0 Å². The Morgan fingerprint density at radius 3 is 1.47 bits per heavy atom. The molecule has 0 spiro atoms. The highest BCUT2D eigenvalue weighted by Crippen LogP contribution is 2.67. The van der Waals surface area contributed by atoms with Crippen molar-refractivity contribution in [2.24, 2.45) is 52.3 Å². The highest BCUT2D eigenvalue weighted by molar-refractivity contribution is 5.79. The maximum atomic E-state index is 13.3. The molecule has 0 N–H and O–H groups in total. The van der Waals surface area contributed by atoms with E-state index in [1.54, 1.807) is 6.92 Å². The van der Waals surface area contributed by atoms with Crippen LogP contribution in [0.5, 0.6) is 0 Å². The van der Waals surface area contributed by atoms with Gasteiger partial charge in [0.15, 0.2) is 6.10 Å². The van der Waals surface area contributed by atoms with Crippen molar-refractivity contribution < 1.29 is 52.5 Å². The lowest BCUT2D eigenvalue weighted by molar-refractivity contribution is -0.167. The Bertz CT molecular complexity index is 1730. The van der Waals surface area contributed by atoms with Crippen molar-refractivity contribution in [2.75, 3.05) is 19.8 Å². The van der Waals surface area contributed by atoms with Crippen molar-refractivity contribution in [3.05, 3.63) is 0 Å². The third-order valence-electron chi connectivity index (χ3n) is 20.6. The van der Waals surface area contributed by atoms with Gasteiger partial charge in [-0.1, -0.05) is 196 Å². The molecule has 81 heavy (non-hydrogen) atoms. The molecule has 11 nitrogen and oxygen atoms in total. The van der Waals surface area contributed by atoms with E-state index in [0.717, 1.165) is 64.2 Å². The van der Waals surface area contributed by atoms with Crippen molar-refractivity contribution in [2.45, 2.75) is 337 Å². The Hall–Kier alpha value is -2.98. The number of carbonyl (C=O) groups is 6. The Morgan fingerprint density at radius 2 is 0.951 bits per heavy atom. The van der Waals surface area contributed by atoms with Crippen molar-refractivity contribution in [1.82, 2.24) is 0 Å². The van der Waals surface area contributed by atoms with Crippen molar-refractivity contribution >= 4 is 35.6 Å². The van der Waals surface area contributed by atoms with Crippen LogP contribution in [0, 0.1) is 52.3 Å². The number of esters is 5. The number of hydrogen-bond donors (Lipinski definition) is 0. The van der Waals surface area contributed by atoms with Gasteiger partial charge in [0.2, 0.25) is 0 Å². The monoisotopic (exact) mass is 1140 g/mol. The SMILES string of the molecule is CCCCCCCCCCCCCCCC(=O)OCC(COC(=O)CCCCCCCCCCCCCCC)OC(=O)CC(C)CCC(C)C(=O)OCCCCC(=O)O[C@@H]1CC[C@@]2(C)[C@@H](CC[C@@H]3[C@@H]2CC[C@]2(C)[C@@H](C(C)=O)CC[C@@H]32)C1. The summed E-state index contributed by atoms with van der Waals surface area (Å²) in [5.41, 5.74) is 0.452. The molecule has 0 aromatic carbocycles. The molecular formula is C70H122O11. The largest absolute Gasteiger partial charge is 0.465 e. The fourth-order valence-electron chi connectivity index (χ4n) is 15.4. The predicted molar refractivity (Wildman–Crippen MR) is 325 cm³/mol. The molecule has 0 saturated heterocycles. The molecule has 0 radical (unpaired) electrons. The number of unbranched alkanes of at least 4 members (excludes halogenated alkanes) is 25. The van der Waals surface area contributed by atoms with E-state index in [1.807, 2.05) is 13.8 Å². The van der Waals surface area contributed by atoms with Gasteiger partial charge in [-0.3, -0.25) is 28.8 Å². The van der Waals surface area contributed by atoms with Crippen LogP contribution >= 0.6 is 0 Å². The van der Waals surface area contributed by atoms with E-state index in [1.165, 1.54) is 161 Å². The molecule has 0 aromatic rings. The van der Waals surface area contributed by atoms with Gasteiger partial charge in [0.25, 0.3) is 0 Å². The summed E-state index contributed by atoms with van der Waals surface area (Å²) in [4.78, 5) is 77.4. The molecule has 4 fully saturated rings. The minimum atomic E-state index is -0.898. The van der Waals surface area contributed by atoms with Gasteiger partial charge in [-0.25, -0.2) is 0 Å². The minimum absolute atomic E-state index is 0.0274. The lowest BCUT2D eigenvalue weighted by Crippen LogP contribution is -2.54. The first-order valence-corrected chi connectivity index (χ1v) is 34.5. The second-order valence-electron chi connectivity index (χ2n) is 27.2. The number of ketones is 1. The van der Waals surface area contributed by atoms with E-state index >= 15 is 0 Å². The summed E-state index contributed by atoms with van der Waals surface area (Å²) in [5.74, 6) is 1.26. The molecule has 2 unspecified atom stereocenters. The van der Waals surface area contributed by atoms with Crippen LogP contribution in [0.4, 0.5) is 0 Å². The Kier molecular flexibility index (Phi) is 35.1. The normalized spacial score (nSPS) is 24.8. The van der Waals surface area contributed by atoms with Gasteiger partial charge >= 0.3 is 29.8 Å². The molecule has 4 rings (SSSR count). The minimum Gasteiger partial charge on any atom is -0.465 e. The van der Waals surface area contributed by atoms with Crippen LogP contribution in [-0.2, 0) is 52.5 Å². The topological polar surface area (TPSA) is 149 Å². The number of hydrogen-bond acceptors (Lipinski definition) is 11. The summed E-state index contributed by atoms with van der Waals surface area (Å²) >= 11 is 0. The first-order chi connectivity index (χ1) is 39.1. The molecule has 11 heteroatoms. The molecule has 0 amide bonds. The predicted octanol–water partition coefficient (Wildman–Crippen LogP) is 18.3. The molecule has 10 atom stereocenters. The molecule has 0 bridgehead atoms. The molecule has 468 valence electrons. The van der Waals surface area contributed by atoms with Gasteiger partial charge in [0, 0.05) is 31.6 Å². The van der Waals surface area contributed by atoms with E-state index in [-0.39, 0.29) is 84.8 Å². The molecule has 4 aliphatic rings. The van der Waals surface area contributed by atoms with Crippen molar-refractivity contribution in [3.63, 3.8) is 0 Å². The summed E-state index contributed by atoms with van der Waals surface area (Å²) in [6, 6.07) is 0. The smallest absolute Gasteiger partial charge is 0.308 e. The van der Waals surface area contributed by atoms with Crippen LogP contribution in [0.15, 0.2) is 0 Å². The van der Waals surface area contributed by atoms with Crippen LogP contribution in [0.25, 0.3) is 0 Å². The standard InChI is InChI=1S/C70H122O11/c1-8-10-12-14-16-18-20-22-24-26-28-30-32-36-64(72)78-52-59(53-79-65(73)37-33-31-29-27-25-23-21-19-17-15-13-11-9-2)81-67(75)50-54(3)39-40-55(4)68(76)77-49-35-34-38-66(74)80-58-45-47-69(6)57(51-58)41-42-60-62-44-43-61(56(5)71)70(62,7)48-46-63(60)69/h54-55,57-63H,8-53H2,1-7H3/t54?,55?,57-,58+,60-,61+,62-,63-,69-,70+/m0/s1. The van der Waals surface area contributed by atoms with E-state index in [2.05, 4.69) is 27.7 Å². The third-order valence-corrected chi connectivity index (χ3v) is 20.6. The summed E-state index contributed by atoms with van der Waals surface area (Å²) in [5, 5.41) is 0. The van der Waals surface area contributed by atoms with E-state index in [9.17, 15) is 28.8 Å². The first kappa shape index (κ1) is 70.5. The molecule has 0 aliphatic heterocycles. The highest BCUT2D eigenvalue weighted by atomic mass is 16.6. The van der Waals surface area contributed by atoms with Gasteiger partial charge in [0.05, 0.1) is 12.5 Å². The van der Waals surface area contributed by atoms with Gasteiger partial charge in [-0.15, -0.1) is 0 Å². The zero-order valence-electron chi connectivity index (χ0n) is 53.2. The number of Topliss-reactive ketones (excluding diaryl/α,β-unsaturated/α-hetero) is 1. The number of carbonyl (C=O) groups excluding carboxylic acids is 6. The maximum Gasteiger partial charge on any atom is 0.308 e. The summed E-state index contributed by atoms with van der Waals surface area (Å²) in [7, 11) is 0. The average molecular weight is 1140 g/mol. The summed E-state index contributed by atoms with van der Waals surface area (Å²) in [6.07, 6.45) is 44.3. The van der Waals surface area contributed by atoms with E-state index < -0.39 is 12.1 Å². The van der Waals surface area contributed by atoms with Crippen LogP contribution in [0.2, 0.25) is 0 Å². The Labute approximate surface area is 494 Å². The van der Waals surface area contributed by atoms with Crippen LogP contribution in [-0.4, -0.2) is 67.7 Å². The zero-order chi connectivity index (χ0) is 58.7. The second-order valence-corrected chi connectivity index (χ2v) is 27.2. The van der Waals surface area contributed by atoms with Crippen LogP contribution in [0.3, 0.4) is 0 Å². The molecule has 0 aromatic heterocycles. The van der Waals surface area contributed by atoms with Gasteiger partial charge in [-0.05, 0) is 144 Å². The first-order valence-electron chi connectivity index (χ1n) is 34.5. The fraction of sp³-hybridized carbons (Fsp3) is 0.914. The molecule has 4 saturated carbocycles. The van der Waals surface area contributed by atoms with Crippen molar-refractivity contribution in [1.29, 1.82) is 0 Å². The van der Waals surface area contributed by atoms with Gasteiger partial charge < -0.3 is 23.7 Å². The number of ether oxygens (including phenoxy) is 5. The summed E-state index contributed by atoms with van der Waals surface area (Å²) < 4.78 is 28.7. The Balaban J connectivity index is 1.08. The molecular weight excluding hydrogens is 1020 g/mol. The molecule has 0 heterocycles. The van der Waals surface area contributed by atoms with Gasteiger partial charge in [-0.2, -0.15) is 0 Å².